The fourth-order valence-electron chi connectivity index (χ4n) is 2.43. The molecule has 1 aliphatic heterocycles. The molecule has 0 saturated heterocycles. The Hall–Kier alpha value is -2.48. The standard InChI is InChI=1S/C14H13N3O2/c1-8-12(9(2)18)13(10-3-5-16-6-4-10)11(7-15)14(19)17-8/h3-6,11,13H,1-2H3,(H,17,19)/t11-,13-/m0/s1. The molecule has 96 valence electrons. The molecule has 1 aromatic heterocycles. The van der Waals surface area contributed by atoms with Crippen LogP contribution in [0.2, 0.25) is 0 Å². The Morgan fingerprint density at radius 2 is 2.05 bits per heavy atom. The quantitative estimate of drug-likeness (QED) is 0.863. The first-order chi connectivity index (χ1) is 9.06. The van der Waals surface area contributed by atoms with Crippen molar-refractivity contribution in [3.63, 3.8) is 0 Å². The molecule has 0 fully saturated rings. The number of carbonyl (C=O) groups excluding carboxylic acids is 2. The average molecular weight is 255 g/mol. The lowest BCUT2D eigenvalue weighted by Crippen LogP contribution is -2.40. The number of amides is 1. The summed E-state index contributed by atoms with van der Waals surface area (Å²) >= 11 is 0. The van der Waals surface area contributed by atoms with Crippen molar-refractivity contribution in [2.75, 3.05) is 0 Å². The van der Waals surface area contributed by atoms with Crippen LogP contribution in [-0.2, 0) is 9.59 Å². The highest BCUT2D eigenvalue weighted by molar-refractivity contribution is 6.00. The third kappa shape index (κ3) is 2.25. The van der Waals surface area contributed by atoms with Gasteiger partial charge in [-0.1, -0.05) is 0 Å². The lowest BCUT2D eigenvalue weighted by atomic mass is 9.76. The molecule has 5 nitrogen and oxygen atoms in total. The van der Waals surface area contributed by atoms with Crippen molar-refractivity contribution in [2.24, 2.45) is 5.92 Å². The molecule has 0 bridgehead atoms. The summed E-state index contributed by atoms with van der Waals surface area (Å²) in [5.41, 5.74) is 1.75. The first-order valence-electron chi connectivity index (χ1n) is 5.88. The Labute approximate surface area is 111 Å². The van der Waals surface area contributed by atoms with Crippen LogP contribution in [0.25, 0.3) is 0 Å². The van der Waals surface area contributed by atoms with Crippen LogP contribution in [-0.4, -0.2) is 16.7 Å². The Morgan fingerprint density at radius 1 is 1.42 bits per heavy atom. The number of nitrogens with one attached hydrogen (secondary N) is 1. The van der Waals surface area contributed by atoms with Gasteiger partial charge in [-0.25, -0.2) is 0 Å². The molecule has 5 heteroatoms. The van der Waals surface area contributed by atoms with Crippen LogP contribution in [0.3, 0.4) is 0 Å². The van der Waals surface area contributed by atoms with Crippen molar-refractivity contribution >= 4 is 11.7 Å². The lowest BCUT2D eigenvalue weighted by molar-refractivity contribution is -0.123. The van der Waals surface area contributed by atoms with E-state index < -0.39 is 11.8 Å². The number of nitriles is 1. The van der Waals surface area contributed by atoms with E-state index in [9.17, 15) is 14.9 Å². The van der Waals surface area contributed by atoms with E-state index in [0.717, 1.165) is 5.56 Å². The van der Waals surface area contributed by atoms with Crippen LogP contribution in [0.15, 0.2) is 35.8 Å². The topological polar surface area (TPSA) is 82.9 Å². The zero-order valence-corrected chi connectivity index (χ0v) is 10.7. The molecule has 1 aliphatic rings. The maximum atomic E-state index is 11.9. The predicted molar refractivity (Wildman–Crippen MR) is 67.6 cm³/mol. The van der Waals surface area contributed by atoms with Gasteiger partial charge in [0.1, 0.15) is 5.92 Å². The number of pyridine rings is 1. The number of aromatic nitrogens is 1. The first kappa shape index (κ1) is 13.0. The van der Waals surface area contributed by atoms with E-state index in [0.29, 0.717) is 11.3 Å². The van der Waals surface area contributed by atoms with Gasteiger partial charge < -0.3 is 5.32 Å². The fraction of sp³-hybridized carbons (Fsp3) is 0.286. The molecule has 0 aromatic carbocycles. The number of carbonyl (C=O) groups is 2. The molecule has 0 radical (unpaired) electrons. The molecule has 2 heterocycles. The molecule has 0 unspecified atom stereocenters. The van der Waals surface area contributed by atoms with E-state index in [-0.39, 0.29) is 11.7 Å². The Morgan fingerprint density at radius 3 is 2.58 bits per heavy atom. The summed E-state index contributed by atoms with van der Waals surface area (Å²) in [5, 5.41) is 11.8. The van der Waals surface area contributed by atoms with Gasteiger partial charge in [0.25, 0.3) is 0 Å². The summed E-state index contributed by atoms with van der Waals surface area (Å²) in [6.07, 6.45) is 3.17. The third-order valence-electron chi connectivity index (χ3n) is 3.23. The van der Waals surface area contributed by atoms with Crippen LogP contribution in [0.5, 0.6) is 0 Å². The van der Waals surface area contributed by atoms with Crippen molar-refractivity contribution in [2.45, 2.75) is 19.8 Å². The molecule has 0 saturated carbocycles. The number of nitrogens with zero attached hydrogens (tertiary/aromatic N) is 2. The summed E-state index contributed by atoms with van der Waals surface area (Å²) in [6.45, 7) is 3.12. The monoisotopic (exact) mass is 255 g/mol. The van der Waals surface area contributed by atoms with Gasteiger partial charge in [0.05, 0.1) is 6.07 Å². The normalized spacial score (nSPS) is 22.7. The molecule has 2 atom stereocenters. The summed E-state index contributed by atoms with van der Waals surface area (Å²) in [5.74, 6) is -1.93. The second-order valence-electron chi connectivity index (χ2n) is 4.45. The molecular weight excluding hydrogens is 242 g/mol. The second kappa shape index (κ2) is 5.02. The Balaban J connectivity index is 2.62. The second-order valence-corrected chi connectivity index (χ2v) is 4.45. The van der Waals surface area contributed by atoms with Gasteiger partial charge in [-0.2, -0.15) is 5.26 Å². The summed E-state index contributed by atoms with van der Waals surface area (Å²) in [7, 11) is 0. The number of Topliss-reactive ketones (excluding diaryl/α,β-unsaturated/α-hetero) is 1. The van der Waals surface area contributed by atoms with E-state index >= 15 is 0 Å². The van der Waals surface area contributed by atoms with Crippen molar-refractivity contribution in [1.29, 1.82) is 5.26 Å². The van der Waals surface area contributed by atoms with Crippen LogP contribution >= 0.6 is 0 Å². The Bertz CT molecular complexity index is 599. The van der Waals surface area contributed by atoms with Gasteiger partial charge in [-0.05, 0) is 31.5 Å². The summed E-state index contributed by atoms with van der Waals surface area (Å²) in [4.78, 5) is 27.6. The van der Waals surface area contributed by atoms with E-state index in [4.69, 9.17) is 0 Å². The molecule has 2 rings (SSSR count). The number of ketones is 1. The van der Waals surface area contributed by atoms with Gasteiger partial charge in [0.15, 0.2) is 5.78 Å². The molecule has 0 aliphatic carbocycles. The zero-order chi connectivity index (χ0) is 14.0. The minimum atomic E-state index is -0.898. The maximum Gasteiger partial charge on any atom is 0.242 e. The van der Waals surface area contributed by atoms with E-state index in [1.807, 2.05) is 6.07 Å². The van der Waals surface area contributed by atoms with Crippen LogP contribution in [0, 0.1) is 17.2 Å². The number of allylic oxidation sites excluding steroid dienone is 2. The van der Waals surface area contributed by atoms with E-state index in [1.165, 1.54) is 6.92 Å². The molecule has 1 N–H and O–H groups in total. The van der Waals surface area contributed by atoms with Crippen molar-refractivity contribution < 1.29 is 9.59 Å². The van der Waals surface area contributed by atoms with Crippen molar-refractivity contribution in [1.82, 2.24) is 10.3 Å². The van der Waals surface area contributed by atoms with Crippen molar-refractivity contribution in [3.05, 3.63) is 41.4 Å². The van der Waals surface area contributed by atoms with Gasteiger partial charge >= 0.3 is 0 Å². The van der Waals surface area contributed by atoms with E-state index in [1.54, 1.807) is 31.5 Å². The highest BCUT2D eigenvalue weighted by Crippen LogP contribution is 2.36. The Kier molecular flexibility index (Phi) is 3.43. The van der Waals surface area contributed by atoms with E-state index in [2.05, 4.69) is 10.3 Å². The number of rotatable bonds is 2. The minimum Gasteiger partial charge on any atom is -0.328 e. The van der Waals surface area contributed by atoms with Crippen LogP contribution < -0.4 is 5.32 Å². The molecule has 1 amide bonds. The molecular formula is C14H13N3O2. The SMILES string of the molecule is CC(=O)C1=C(C)NC(=O)[C@@H](C#N)[C@@H]1c1ccncc1. The maximum absolute atomic E-state index is 11.9. The number of hydrogen-bond donors (Lipinski definition) is 1. The first-order valence-corrected chi connectivity index (χ1v) is 5.88. The molecule has 19 heavy (non-hydrogen) atoms. The highest BCUT2D eigenvalue weighted by atomic mass is 16.2. The predicted octanol–water partition coefficient (Wildman–Crippen LogP) is 1.30. The average Bonchev–Trinajstić information content (AvgIpc) is 2.38. The highest BCUT2D eigenvalue weighted by Gasteiger charge is 2.39. The number of hydrogen-bond acceptors (Lipinski definition) is 4. The third-order valence-corrected chi connectivity index (χ3v) is 3.23. The van der Waals surface area contributed by atoms with Gasteiger partial charge in [0.2, 0.25) is 5.91 Å². The smallest absolute Gasteiger partial charge is 0.242 e. The zero-order valence-electron chi connectivity index (χ0n) is 10.7. The molecule has 0 spiro atoms. The summed E-state index contributed by atoms with van der Waals surface area (Å²) < 4.78 is 0. The lowest BCUT2D eigenvalue weighted by Gasteiger charge is -2.29. The van der Waals surface area contributed by atoms with Crippen LogP contribution in [0.1, 0.15) is 25.3 Å². The largest absolute Gasteiger partial charge is 0.328 e. The van der Waals surface area contributed by atoms with Gasteiger partial charge in [0, 0.05) is 29.6 Å². The van der Waals surface area contributed by atoms with Crippen LogP contribution in [0.4, 0.5) is 0 Å². The molecule has 1 aromatic rings. The fourth-order valence-corrected chi connectivity index (χ4v) is 2.43. The van der Waals surface area contributed by atoms with Crippen molar-refractivity contribution in [3.8, 4) is 6.07 Å². The minimum absolute atomic E-state index is 0.139. The van der Waals surface area contributed by atoms with Gasteiger partial charge in [-0.15, -0.1) is 0 Å². The van der Waals surface area contributed by atoms with Gasteiger partial charge in [-0.3, -0.25) is 14.6 Å². The summed E-state index contributed by atoms with van der Waals surface area (Å²) in [6, 6.07) is 5.44.